The van der Waals surface area contributed by atoms with Gasteiger partial charge in [0, 0.05) is 5.41 Å². The minimum atomic E-state index is -0.125. The number of carbonyl (C=O) groups excluding carboxylic acids is 1. The maximum atomic E-state index is 11.7. The van der Waals surface area contributed by atoms with E-state index in [2.05, 4.69) is 39.8 Å². The van der Waals surface area contributed by atoms with E-state index in [0.717, 1.165) is 25.7 Å². The van der Waals surface area contributed by atoms with Crippen LogP contribution in [0.2, 0.25) is 0 Å². The van der Waals surface area contributed by atoms with Gasteiger partial charge < -0.3 is 0 Å². The normalized spacial score (nSPS) is 28.5. The van der Waals surface area contributed by atoms with Crippen molar-refractivity contribution in [1.29, 1.82) is 0 Å². The average Bonchev–Trinajstić information content (AvgIpc) is 2.22. The van der Waals surface area contributed by atoms with Crippen LogP contribution >= 0.6 is 0 Å². The van der Waals surface area contributed by atoms with Gasteiger partial charge in [0.15, 0.2) is 0 Å². The Kier molecular flexibility index (Phi) is 4.73. The van der Waals surface area contributed by atoms with E-state index in [1.807, 2.05) is 0 Å². The zero-order valence-corrected chi connectivity index (χ0v) is 12.0. The molecular formula is C16H26O. The summed E-state index contributed by atoms with van der Waals surface area (Å²) in [5.74, 6) is 0.722. The lowest BCUT2D eigenvalue weighted by atomic mass is 9.67. The van der Waals surface area contributed by atoms with Crippen molar-refractivity contribution in [3.63, 3.8) is 0 Å². The molecule has 0 saturated heterocycles. The summed E-state index contributed by atoms with van der Waals surface area (Å²) in [6.07, 6.45) is 9.04. The molecule has 0 amide bonds. The Balaban J connectivity index is 2.63. The molecule has 1 aliphatic carbocycles. The third-order valence-electron chi connectivity index (χ3n) is 4.28. The molecule has 0 aromatic carbocycles. The predicted octanol–water partition coefficient (Wildman–Crippen LogP) is 4.68. The van der Waals surface area contributed by atoms with Gasteiger partial charge in [0.25, 0.3) is 0 Å². The smallest absolute Gasteiger partial charge is 0.136 e. The van der Waals surface area contributed by atoms with Crippen molar-refractivity contribution in [1.82, 2.24) is 0 Å². The van der Waals surface area contributed by atoms with Crippen LogP contribution in [0.15, 0.2) is 23.3 Å². The van der Waals surface area contributed by atoms with Crippen LogP contribution in [0.3, 0.4) is 0 Å². The van der Waals surface area contributed by atoms with E-state index in [1.165, 1.54) is 11.1 Å². The van der Waals surface area contributed by atoms with E-state index < -0.39 is 0 Å². The first kappa shape index (κ1) is 14.2. The largest absolute Gasteiger partial charge is 0.299 e. The fourth-order valence-corrected chi connectivity index (χ4v) is 2.52. The maximum absolute atomic E-state index is 11.7. The van der Waals surface area contributed by atoms with E-state index in [9.17, 15) is 4.79 Å². The summed E-state index contributed by atoms with van der Waals surface area (Å²) in [4.78, 5) is 11.7. The second-order valence-electron chi connectivity index (χ2n) is 5.91. The molecule has 0 spiro atoms. The van der Waals surface area contributed by atoms with Gasteiger partial charge in [0.1, 0.15) is 5.78 Å². The Labute approximate surface area is 106 Å². The number of ketones is 1. The van der Waals surface area contributed by atoms with Crippen LogP contribution in [-0.2, 0) is 4.79 Å². The number of rotatable bonds is 4. The van der Waals surface area contributed by atoms with Crippen LogP contribution in [0.5, 0.6) is 0 Å². The van der Waals surface area contributed by atoms with Crippen molar-refractivity contribution in [3.05, 3.63) is 23.3 Å². The molecule has 0 fully saturated rings. The van der Waals surface area contributed by atoms with Crippen molar-refractivity contribution in [2.75, 3.05) is 0 Å². The molecule has 0 saturated carbocycles. The monoisotopic (exact) mass is 234 g/mol. The zero-order chi connectivity index (χ0) is 13.1. The third-order valence-corrected chi connectivity index (χ3v) is 4.28. The quantitative estimate of drug-likeness (QED) is 0.645. The summed E-state index contributed by atoms with van der Waals surface area (Å²) >= 11 is 0. The first-order valence-electron chi connectivity index (χ1n) is 6.70. The van der Waals surface area contributed by atoms with Crippen molar-refractivity contribution in [2.45, 2.75) is 60.3 Å². The van der Waals surface area contributed by atoms with Crippen LogP contribution in [0.4, 0.5) is 0 Å². The molecule has 1 aliphatic rings. The standard InChI is InChI=1S/C16H26O/c1-12(2)7-6-8-15-9-10-16(5,14(4)17)13(3)11-15/h7,11,13H,6,8-10H2,1-5H3/t13-,16+/m1/s1. The van der Waals surface area contributed by atoms with Crippen LogP contribution < -0.4 is 0 Å². The summed E-state index contributed by atoms with van der Waals surface area (Å²) in [5.41, 5.74) is 2.80. The highest BCUT2D eigenvalue weighted by atomic mass is 16.1. The fourth-order valence-electron chi connectivity index (χ4n) is 2.52. The summed E-state index contributed by atoms with van der Waals surface area (Å²) in [7, 11) is 0. The number of hydrogen-bond donors (Lipinski definition) is 0. The lowest BCUT2D eigenvalue weighted by molar-refractivity contribution is -0.128. The molecule has 96 valence electrons. The lowest BCUT2D eigenvalue weighted by Crippen LogP contribution is -2.34. The first-order chi connectivity index (χ1) is 7.86. The Morgan fingerprint density at radius 3 is 2.59 bits per heavy atom. The van der Waals surface area contributed by atoms with Crippen LogP contribution in [-0.4, -0.2) is 5.78 Å². The molecule has 1 rings (SSSR count). The van der Waals surface area contributed by atoms with Gasteiger partial charge in [-0.15, -0.1) is 0 Å². The second kappa shape index (κ2) is 5.66. The fraction of sp³-hybridized carbons (Fsp3) is 0.688. The minimum Gasteiger partial charge on any atom is -0.299 e. The molecule has 0 bridgehead atoms. The Morgan fingerprint density at radius 1 is 1.47 bits per heavy atom. The van der Waals surface area contributed by atoms with E-state index in [0.29, 0.717) is 11.7 Å². The molecule has 0 aromatic rings. The molecule has 0 N–H and O–H groups in total. The maximum Gasteiger partial charge on any atom is 0.136 e. The summed E-state index contributed by atoms with van der Waals surface area (Å²) in [6, 6.07) is 0. The second-order valence-corrected chi connectivity index (χ2v) is 5.91. The van der Waals surface area contributed by atoms with Crippen LogP contribution in [0, 0.1) is 11.3 Å². The summed E-state index contributed by atoms with van der Waals surface area (Å²) in [5, 5.41) is 0. The van der Waals surface area contributed by atoms with Crippen LogP contribution in [0.25, 0.3) is 0 Å². The zero-order valence-electron chi connectivity index (χ0n) is 12.0. The van der Waals surface area contributed by atoms with Gasteiger partial charge in [0.05, 0.1) is 0 Å². The molecule has 1 nitrogen and oxygen atoms in total. The van der Waals surface area contributed by atoms with Gasteiger partial charge in [-0.25, -0.2) is 0 Å². The van der Waals surface area contributed by atoms with Crippen molar-refractivity contribution in [2.24, 2.45) is 11.3 Å². The number of hydrogen-bond acceptors (Lipinski definition) is 1. The predicted molar refractivity (Wildman–Crippen MR) is 73.9 cm³/mol. The molecule has 0 aliphatic heterocycles. The van der Waals surface area contributed by atoms with E-state index in [-0.39, 0.29) is 5.41 Å². The number of carbonyl (C=O) groups is 1. The van der Waals surface area contributed by atoms with Crippen LogP contribution in [0.1, 0.15) is 60.3 Å². The molecular weight excluding hydrogens is 208 g/mol. The van der Waals surface area contributed by atoms with Gasteiger partial charge in [-0.05, 0) is 52.4 Å². The summed E-state index contributed by atoms with van der Waals surface area (Å²) in [6.45, 7) is 10.3. The van der Waals surface area contributed by atoms with Gasteiger partial charge in [0.2, 0.25) is 0 Å². The lowest BCUT2D eigenvalue weighted by Gasteiger charge is -2.36. The van der Waals surface area contributed by atoms with Gasteiger partial charge in [-0.1, -0.05) is 37.1 Å². The minimum absolute atomic E-state index is 0.125. The Hall–Kier alpha value is -0.850. The van der Waals surface area contributed by atoms with Crippen molar-refractivity contribution in [3.8, 4) is 0 Å². The van der Waals surface area contributed by atoms with Gasteiger partial charge in [-0.2, -0.15) is 0 Å². The molecule has 0 radical (unpaired) electrons. The Morgan fingerprint density at radius 2 is 2.12 bits per heavy atom. The van der Waals surface area contributed by atoms with Crippen molar-refractivity contribution >= 4 is 5.78 Å². The average molecular weight is 234 g/mol. The molecule has 0 heterocycles. The number of Topliss-reactive ketones (excluding diaryl/α,β-unsaturated/α-hetero) is 1. The highest BCUT2D eigenvalue weighted by Crippen LogP contribution is 2.41. The highest BCUT2D eigenvalue weighted by Gasteiger charge is 2.37. The summed E-state index contributed by atoms with van der Waals surface area (Å²) < 4.78 is 0. The SMILES string of the molecule is CC(=O)[C@@]1(C)CCC(CCC=C(C)C)=C[C@H]1C. The molecule has 17 heavy (non-hydrogen) atoms. The van der Waals surface area contributed by atoms with E-state index >= 15 is 0 Å². The molecule has 2 atom stereocenters. The molecule has 0 unspecified atom stereocenters. The van der Waals surface area contributed by atoms with E-state index in [4.69, 9.17) is 0 Å². The topological polar surface area (TPSA) is 17.1 Å². The van der Waals surface area contributed by atoms with Gasteiger partial charge >= 0.3 is 0 Å². The first-order valence-corrected chi connectivity index (χ1v) is 6.70. The van der Waals surface area contributed by atoms with E-state index in [1.54, 1.807) is 6.92 Å². The Bertz CT molecular complexity index is 345. The third kappa shape index (κ3) is 3.55. The molecule has 0 aromatic heterocycles. The van der Waals surface area contributed by atoms with Crippen molar-refractivity contribution < 1.29 is 4.79 Å². The highest BCUT2D eigenvalue weighted by molar-refractivity contribution is 5.82. The van der Waals surface area contributed by atoms with Gasteiger partial charge in [-0.3, -0.25) is 4.79 Å². The number of allylic oxidation sites excluding steroid dienone is 4. The molecule has 1 heteroatoms.